The summed E-state index contributed by atoms with van der Waals surface area (Å²) in [5.41, 5.74) is 14.4. The van der Waals surface area contributed by atoms with Crippen LogP contribution in [-0.2, 0) is 0 Å². The van der Waals surface area contributed by atoms with E-state index in [4.69, 9.17) is 0 Å². The minimum absolute atomic E-state index is 1.15. The van der Waals surface area contributed by atoms with Gasteiger partial charge in [0, 0.05) is 32.9 Å². The van der Waals surface area contributed by atoms with Crippen LogP contribution in [-0.4, -0.2) is 9.13 Å². The van der Waals surface area contributed by atoms with Gasteiger partial charge in [-0.1, -0.05) is 152 Å². The zero-order valence-corrected chi connectivity index (χ0v) is 29.5. The van der Waals surface area contributed by atoms with E-state index in [1.807, 2.05) is 0 Å². The average molecular weight is 687 g/mol. The predicted molar refractivity (Wildman–Crippen MR) is 229 cm³/mol. The molecule has 2 aromatic heterocycles. The summed E-state index contributed by atoms with van der Waals surface area (Å²) in [5, 5.41) is 7.59. The lowest BCUT2D eigenvalue weighted by atomic mass is 10.0. The second kappa shape index (κ2) is 12.2. The van der Waals surface area contributed by atoms with E-state index in [0.29, 0.717) is 0 Å². The third-order valence-corrected chi connectivity index (χ3v) is 11.1. The van der Waals surface area contributed by atoms with Crippen LogP contribution >= 0.6 is 0 Å². The molecule has 0 unspecified atom stereocenters. The zero-order chi connectivity index (χ0) is 35.6. The molecule has 0 saturated heterocycles. The van der Waals surface area contributed by atoms with Crippen molar-refractivity contribution in [1.82, 2.24) is 9.13 Å². The van der Waals surface area contributed by atoms with Crippen molar-refractivity contribution in [2.45, 2.75) is 0 Å². The van der Waals surface area contributed by atoms with E-state index in [-0.39, 0.29) is 0 Å². The number of nitrogens with zero attached hydrogens (tertiary/aromatic N) is 2. The van der Waals surface area contributed by atoms with Crippen LogP contribution in [0.2, 0.25) is 0 Å². The first-order valence-electron chi connectivity index (χ1n) is 18.6. The van der Waals surface area contributed by atoms with Gasteiger partial charge in [-0.3, -0.25) is 0 Å². The molecule has 0 radical (unpaired) electrons. The van der Waals surface area contributed by atoms with Gasteiger partial charge < -0.3 is 9.13 Å². The number of fused-ring (bicyclic) bond motifs is 8. The second-order valence-corrected chi connectivity index (χ2v) is 14.2. The van der Waals surface area contributed by atoms with Crippen LogP contribution in [0.1, 0.15) is 0 Å². The normalized spacial score (nSPS) is 11.7. The van der Waals surface area contributed by atoms with E-state index in [0.717, 1.165) is 11.4 Å². The van der Waals surface area contributed by atoms with Crippen molar-refractivity contribution >= 4 is 54.4 Å². The maximum Gasteiger partial charge on any atom is 0.0548 e. The molecular formula is C52H34N2. The number of hydrogen-bond donors (Lipinski definition) is 0. The third-order valence-electron chi connectivity index (χ3n) is 11.1. The SMILES string of the molecule is c1ccc(-c2ccc(-c3ccc(-n4c5ccccc5c5c6c7ccccc7n(-c7cccc(-c8ccc9ccccc9c8)c7)c6ccc54)cc3)cc2)cc1. The van der Waals surface area contributed by atoms with Gasteiger partial charge in [0.2, 0.25) is 0 Å². The molecule has 0 aliphatic rings. The summed E-state index contributed by atoms with van der Waals surface area (Å²) in [6, 6.07) is 75.1. The molecule has 0 spiro atoms. The Morgan fingerprint density at radius 2 is 0.704 bits per heavy atom. The van der Waals surface area contributed by atoms with Crippen molar-refractivity contribution in [3.8, 4) is 44.8 Å². The summed E-state index contributed by atoms with van der Waals surface area (Å²) in [6.07, 6.45) is 0. The monoisotopic (exact) mass is 686 g/mol. The Bertz CT molecular complexity index is 3180. The van der Waals surface area contributed by atoms with Crippen molar-refractivity contribution in [2.75, 3.05) is 0 Å². The molecule has 0 aliphatic carbocycles. The fourth-order valence-electron chi connectivity index (χ4n) is 8.56. The Kier molecular flexibility index (Phi) is 6.90. The average Bonchev–Trinajstić information content (AvgIpc) is 3.77. The number of benzene rings is 9. The highest BCUT2D eigenvalue weighted by molar-refractivity contribution is 6.28. The zero-order valence-electron chi connectivity index (χ0n) is 29.5. The Morgan fingerprint density at radius 3 is 1.35 bits per heavy atom. The largest absolute Gasteiger partial charge is 0.309 e. The maximum atomic E-state index is 2.44. The van der Waals surface area contributed by atoms with Gasteiger partial charge in [0.05, 0.1) is 22.1 Å². The number of para-hydroxylation sites is 2. The van der Waals surface area contributed by atoms with E-state index in [1.165, 1.54) is 87.8 Å². The molecule has 2 heterocycles. The number of rotatable bonds is 5. The Balaban J connectivity index is 1.06. The van der Waals surface area contributed by atoms with Crippen molar-refractivity contribution in [3.05, 3.63) is 206 Å². The van der Waals surface area contributed by atoms with Gasteiger partial charge >= 0.3 is 0 Å². The van der Waals surface area contributed by atoms with Gasteiger partial charge in [-0.05, 0) is 98.8 Å². The first kappa shape index (κ1) is 30.5. The number of hydrogen-bond acceptors (Lipinski definition) is 0. The van der Waals surface area contributed by atoms with Gasteiger partial charge in [0.15, 0.2) is 0 Å². The lowest BCUT2D eigenvalue weighted by Crippen LogP contribution is -1.95. The van der Waals surface area contributed by atoms with E-state index in [2.05, 4.69) is 215 Å². The summed E-state index contributed by atoms with van der Waals surface area (Å²) in [4.78, 5) is 0. The van der Waals surface area contributed by atoms with Crippen molar-refractivity contribution in [2.24, 2.45) is 0 Å². The minimum atomic E-state index is 1.15. The highest BCUT2D eigenvalue weighted by atomic mass is 15.0. The van der Waals surface area contributed by atoms with Crippen molar-refractivity contribution in [3.63, 3.8) is 0 Å². The molecule has 0 fully saturated rings. The molecule has 11 rings (SSSR count). The summed E-state index contributed by atoms with van der Waals surface area (Å²) in [5.74, 6) is 0. The van der Waals surface area contributed by atoms with Gasteiger partial charge in [-0.2, -0.15) is 0 Å². The molecule has 0 bridgehead atoms. The van der Waals surface area contributed by atoms with Crippen LogP contribution in [0, 0.1) is 0 Å². The minimum Gasteiger partial charge on any atom is -0.309 e. The fourth-order valence-corrected chi connectivity index (χ4v) is 8.56. The molecule has 0 N–H and O–H groups in total. The van der Waals surface area contributed by atoms with Crippen molar-refractivity contribution < 1.29 is 0 Å². The maximum absolute atomic E-state index is 2.44. The summed E-state index contributed by atoms with van der Waals surface area (Å²) >= 11 is 0. The topological polar surface area (TPSA) is 9.86 Å². The fraction of sp³-hybridized carbons (Fsp3) is 0. The summed E-state index contributed by atoms with van der Waals surface area (Å²) in [6.45, 7) is 0. The molecule has 0 aliphatic heterocycles. The van der Waals surface area contributed by atoms with Crippen molar-refractivity contribution in [1.29, 1.82) is 0 Å². The standard InChI is InChI=1S/C52H34N2/c1-2-11-35(12-3-1)37-21-23-38(24-22-37)39-27-29-43(30-28-39)53-47-19-8-6-17-45(47)51-49(53)31-32-50-52(51)46-18-7-9-20-48(46)54(50)44-16-10-15-41(34-44)42-26-25-36-13-4-5-14-40(36)33-42/h1-34H. The molecule has 2 heteroatoms. The van der Waals surface area contributed by atoms with Gasteiger partial charge in [-0.15, -0.1) is 0 Å². The Labute approximate surface area is 313 Å². The molecule has 2 nitrogen and oxygen atoms in total. The molecule has 252 valence electrons. The molecule has 11 aromatic rings. The number of aromatic nitrogens is 2. The highest BCUT2D eigenvalue weighted by Crippen LogP contribution is 2.43. The van der Waals surface area contributed by atoms with E-state index >= 15 is 0 Å². The molecule has 0 atom stereocenters. The third kappa shape index (κ3) is 4.81. The van der Waals surface area contributed by atoms with Crippen LogP contribution in [0.5, 0.6) is 0 Å². The van der Waals surface area contributed by atoms with E-state index in [9.17, 15) is 0 Å². The van der Waals surface area contributed by atoms with Gasteiger partial charge in [0.25, 0.3) is 0 Å². The second-order valence-electron chi connectivity index (χ2n) is 14.2. The molecule has 54 heavy (non-hydrogen) atoms. The molecule has 0 saturated carbocycles. The van der Waals surface area contributed by atoms with E-state index in [1.54, 1.807) is 0 Å². The van der Waals surface area contributed by atoms with Crippen LogP contribution < -0.4 is 0 Å². The summed E-state index contributed by atoms with van der Waals surface area (Å²) in [7, 11) is 0. The first-order chi connectivity index (χ1) is 26.8. The van der Waals surface area contributed by atoms with Crippen LogP contribution in [0.25, 0.3) is 99.1 Å². The van der Waals surface area contributed by atoms with Crippen LogP contribution in [0.3, 0.4) is 0 Å². The Hall–Kier alpha value is -7.16. The first-order valence-corrected chi connectivity index (χ1v) is 18.6. The van der Waals surface area contributed by atoms with Gasteiger partial charge in [-0.25, -0.2) is 0 Å². The Morgan fingerprint density at radius 1 is 0.241 bits per heavy atom. The highest BCUT2D eigenvalue weighted by Gasteiger charge is 2.20. The lowest BCUT2D eigenvalue weighted by molar-refractivity contribution is 1.17. The smallest absolute Gasteiger partial charge is 0.0548 e. The van der Waals surface area contributed by atoms with Gasteiger partial charge in [0.1, 0.15) is 0 Å². The van der Waals surface area contributed by atoms with Crippen LogP contribution in [0.15, 0.2) is 206 Å². The quantitative estimate of drug-likeness (QED) is 0.171. The van der Waals surface area contributed by atoms with Crippen LogP contribution in [0.4, 0.5) is 0 Å². The predicted octanol–water partition coefficient (Wildman–Crippen LogP) is 14.0. The molecule has 0 amide bonds. The molecule has 9 aromatic carbocycles. The molecular weight excluding hydrogens is 653 g/mol. The summed E-state index contributed by atoms with van der Waals surface area (Å²) < 4.78 is 4.87. The van der Waals surface area contributed by atoms with E-state index < -0.39 is 0 Å². The lowest BCUT2D eigenvalue weighted by Gasteiger charge is -2.12.